The van der Waals surface area contributed by atoms with Crippen molar-refractivity contribution in [2.24, 2.45) is 62.6 Å². The third-order valence-corrected chi connectivity index (χ3v) is 13.9. The van der Waals surface area contributed by atoms with E-state index in [1.807, 2.05) is 5.57 Å². The van der Waals surface area contributed by atoms with Gasteiger partial charge in [-0.3, -0.25) is 0 Å². The molecule has 10 unspecified atom stereocenters. The molecule has 0 amide bonds. The second-order valence-corrected chi connectivity index (χ2v) is 15.1. The summed E-state index contributed by atoms with van der Waals surface area (Å²) >= 11 is 0. The van der Waals surface area contributed by atoms with Gasteiger partial charge >= 0.3 is 0 Å². The average Bonchev–Trinajstić information content (AvgIpc) is 2.70. The van der Waals surface area contributed by atoms with E-state index in [0.29, 0.717) is 27.6 Å². The maximum absolute atomic E-state index is 10.9. The first-order valence-electron chi connectivity index (χ1n) is 14.1. The molecule has 5 aliphatic carbocycles. The van der Waals surface area contributed by atoms with Gasteiger partial charge in [-0.15, -0.1) is 0 Å². The fraction of sp³-hybridized carbons (Fsp3) is 0.935. The quantitative estimate of drug-likeness (QED) is 0.376. The number of rotatable bonds is 0. The molecule has 0 aromatic heterocycles. The highest BCUT2D eigenvalue weighted by Crippen LogP contribution is 2.76. The zero-order valence-electron chi connectivity index (χ0n) is 22.7. The first-order valence-corrected chi connectivity index (χ1v) is 14.1. The molecule has 1 N–H and O–H groups in total. The molecule has 182 valence electrons. The van der Waals surface area contributed by atoms with Gasteiger partial charge in [0.25, 0.3) is 0 Å². The van der Waals surface area contributed by atoms with Gasteiger partial charge in [-0.05, 0) is 114 Å². The summed E-state index contributed by atoms with van der Waals surface area (Å²) in [5.41, 5.74) is 3.49. The van der Waals surface area contributed by atoms with Gasteiger partial charge in [-0.1, -0.05) is 74.0 Å². The van der Waals surface area contributed by atoms with Crippen molar-refractivity contribution in [3.63, 3.8) is 0 Å². The van der Waals surface area contributed by atoms with Crippen LogP contribution < -0.4 is 0 Å². The fourth-order valence-electron chi connectivity index (χ4n) is 11.3. The highest BCUT2D eigenvalue weighted by atomic mass is 16.3. The van der Waals surface area contributed by atoms with Crippen LogP contribution in [0.3, 0.4) is 0 Å². The topological polar surface area (TPSA) is 20.2 Å². The first-order chi connectivity index (χ1) is 14.7. The van der Waals surface area contributed by atoms with Crippen molar-refractivity contribution in [1.29, 1.82) is 0 Å². The molecule has 1 nitrogen and oxygen atoms in total. The monoisotopic (exact) mass is 440 g/mol. The Balaban J connectivity index is 1.61. The van der Waals surface area contributed by atoms with E-state index in [9.17, 15) is 5.11 Å². The van der Waals surface area contributed by atoms with Crippen molar-refractivity contribution in [2.75, 3.05) is 0 Å². The summed E-state index contributed by atoms with van der Waals surface area (Å²) < 4.78 is 0. The maximum Gasteiger partial charge on any atom is 0.0594 e. The van der Waals surface area contributed by atoms with Gasteiger partial charge in [0.15, 0.2) is 0 Å². The lowest BCUT2D eigenvalue weighted by molar-refractivity contribution is -0.208. The molecule has 0 aliphatic heterocycles. The number of fused-ring (bicyclic) bond motifs is 7. The maximum atomic E-state index is 10.9. The predicted molar refractivity (Wildman–Crippen MR) is 135 cm³/mol. The van der Waals surface area contributed by atoms with Crippen LogP contribution in [0, 0.1) is 62.6 Å². The summed E-state index contributed by atoms with van der Waals surface area (Å²) in [6.07, 6.45) is 13.0. The molecule has 32 heavy (non-hydrogen) atoms. The van der Waals surface area contributed by atoms with Gasteiger partial charge in [0.1, 0.15) is 0 Å². The summed E-state index contributed by atoms with van der Waals surface area (Å²) in [5.74, 6) is 4.63. The van der Waals surface area contributed by atoms with Crippen molar-refractivity contribution >= 4 is 0 Å². The van der Waals surface area contributed by atoms with Crippen molar-refractivity contribution in [1.82, 2.24) is 0 Å². The lowest BCUT2D eigenvalue weighted by Crippen LogP contribution is -2.65. The Labute approximate surface area is 199 Å². The Kier molecular flexibility index (Phi) is 5.05. The summed E-state index contributed by atoms with van der Waals surface area (Å²) in [6, 6.07) is 0. The molecule has 4 fully saturated rings. The Bertz CT molecular complexity index is 809. The van der Waals surface area contributed by atoms with Crippen molar-refractivity contribution < 1.29 is 5.11 Å². The molecule has 0 heterocycles. The minimum atomic E-state index is -0.129. The number of hydrogen-bond donors (Lipinski definition) is 1. The Morgan fingerprint density at radius 1 is 0.812 bits per heavy atom. The largest absolute Gasteiger partial charge is 0.393 e. The molecule has 11 atom stereocenters. The molecule has 1 heteroatoms. The lowest BCUT2D eigenvalue weighted by Gasteiger charge is -2.72. The predicted octanol–water partition coefficient (Wildman–Crippen LogP) is 8.27. The number of allylic oxidation sites excluding steroid dienone is 2. The second-order valence-electron chi connectivity index (χ2n) is 15.1. The zero-order chi connectivity index (χ0) is 23.5. The van der Waals surface area contributed by atoms with Gasteiger partial charge in [-0.2, -0.15) is 0 Å². The van der Waals surface area contributed by atoms with Crippen LogP contribution in [-0.4, -0.2) is 11.2 Å². The van der Waals surface area contributed by atoms with Crippen molar-refractivity contribution in [2.45, 2.75) is 120 Å². The molecule has 0 spiro atoms. The lowest BCUT2D eigenvalue weighted by atomic mass is 9.32. The van der Waals surface area contributed by atoms with Crippen LogP contribution in [0.1, 0.15) is 114 Å². The molecule has 4 saturated carbocycles. The third kappa shape index (κ3) is 2.62. The van der Waals surface area contributed by atoms with Crippen LogP contribution in [0.4, 0.5) is 0 Å². The van der Waals surface area contributed by atoms with E-state index in [1.54, 1.807) is 0 Å². The average molecular weight is 441 g/mol. The third-order valence-electron chi connectivity index (χ3n) is 13.9. The molecular weight excluding hydrogens is 388 g/mol. The van der Waals surface area contributed by atoms with E-state index in [0.717, 1.165) is 36.0 Å². The Morgan fingerprint density at radius 2 is 1.47 bits per heavy atom. The normalized spacial score (nSPS) is 59.2. The zero-order valence-corrected chi connectivity index (χ0v) is 22.7. The molecule has 0 saturated heterocycles. The van der Waals surface area contributed by atoms with Gasteiger partial charge in [0, 0.05) is 0 Å². The SMILES string of the molecule is CC1CCC2(C)C(C3=CCC4C5(C)CCC(O)C(C)(C)C5CCC4(C)C3(C)C[C@H]2C)C1C. The van der Waals surface area contributed by atoms with Crippen LogP contribution in [0.15, 0.2) is 11.6 Å². The summed E-state index contributed by atoms with van der Waals surface area (Å²) in [5, 5.41) is 10.9. The number of aliphatic hydroxyl groups excluding tert-OH is 1. The highest BCUT2D eigenvalue weighted by molar-refractivity contribution is 5.34. The van der Waals surface area contributed by atoms with Gasteiger partial charge in [0.05, 0.1) is 6.10 Å². The minimum absolute atomic E-state index is 0.0466. The molecule has 0 aromatic carbocycles. The van der Waals surface area contributed by atoms with E-state index in [1.165, 1.54) is 44.9 Å². The number of hydrogen-bond acceptors (Lipinski definition) is 1. The molecule has 0 bridgehead atoms. The Morgan fingerprint density at radius 3 is 2.16 bits per heavy atom. The van der Waals surface area contributed by atoms with Gasteiger partial charge in [0.2, 0.25) is 0 Å². The summed E-state index contributed by atoms with van der Waals surface area (Å²) in [7, 11) is 0. The molecule has 0 aromatic rings. The number of aliphatic hydroxyl groups is 1. The van der Waals surface area contributed by atoms with E-state index < -0.39 is 0 Å². The smallest absolute Gasteiger partial charge is 0.0594 e. The highest BCUT2D eigenvalue weighted by Gasteiger charge is 2.68. The van der Waals surface area contributed by atoms with Gasteiger partial charge in [-0.25, -0.2) is 0 Å². The van der Waals surface area contributed by atoms with Crippen molar-refractivity contribution in [3.05, 3.63) is 11.6 Å². The van der Waals surface area contributed by atoms with Crippen LogP contribution >= 0.6 is 0 Å². The molecule has 5 rings (SSSR count). The molecule has 0 radical (unpaired) electrons. The van der Waals surface area contributed by atoms with E-state index in [4.69, 9.17) is 0 Å². The fourth-order valence-corrected chi connectivity index (χ4v) is 11.3. The van der Waals surface area contributed by atoms with E-state index in [2.05, 4.69) is 68.4 Å². The summed E-state index contributed by atoms with van der Waals surface area (Å²) in [6.45, 7) is 23.2. The van der Waals surface area contributed by atoms with Crippen LogP contribution in [0.5, 0.6) is 0 Å². The molecular formula is C31H52O. The van der Waals surface area contributed by atoms with E-state index in [-0.39, 0.29) is 11.5 Å². The van der Waals surface area contributed by atoms with Crippen LogP contribution in [0.25, 0.3) is 0 Å². The Hall–Kier alpha value is -0.300. The van der Waals surface area contributed by atoms with E-state index >= 15 is 0 Å². The van der Waals surface area contributed by atoms with Gasteiger partial charge < -0.3 is 5.11 Å². The minimum Gasteiger partial charge on any atom is -0.393 e. The molecule has 5 aliphatic rings. The second kappa shape index (κ2) is 6.89. The van der Waals surface area contributed by atoms with Crippen LogP contribution in [-0.2, 0) is 0 Å². The standard InChI is InChI=1S/C31H52O/c1-19-12-15-28(6)20(2)18-31(9)22(26(28)21(19)3)10-11-24-29(7)16-14-25(32)27(4,5)23(29)13-17-30(24,31)8/h10,19-21,23-26,32H,11-18H2,1-9H3/t19?,20-,21?,23?,24?,25?,26?,28?,29?,30?,31?/m1/s1. The van der Waals surface area contributed by atoms with Crippen molar-refractivity contribution in [3.8, 4) is 0 Å². The van der Waals surface area contributed by atoms with Crippen LogP contribution in [0.2, 0.25) is 0 Å². The first kappa shape index (κ1) is 23.4. The summed E-state index contributed by atoms with van der Waals surface area (Å²) in [4.78, 5) is 0.